The molecule has 1 heterocycles. The van der Waals surface area contributed by atoms with Crippen molar-refractivity contribution in [3.05, 3.63) is 60.2 Å². The minimum atomic E-state index is -0.190. The number of carbonyl (C=O) groups is 1. The van der Waals surface area contributed by atoms with Crippen molar-refractivity contribution in [2.45, 2.75) is 37.8 Å². The third-order valence-electron chi connectivity index (χ3n) is 4.92. The first-order valence-corrected chi connectivity index (χ1v) is 10.2. The zero-order valence-electron chi connectivity index (χ0n) is 14.7. The van der Waals surface area contributed by atoms with E-state index < -0.39 is 0 Å². The van der Waals surface area contributed by atoms with Crippen LogP contribution in [0, 0.1) is 0 Å². The molecule has 1 aliphatic carbocycles. The zero-order valence-corrected chi connectivity index (χ0v) is 15.5. The van der Waals surface area contributed by atoms with Crippen molar-refractivity contribution in [3.8, 4) is 0 Å². The molecule has 1 amide bonds. The Morgan fingerprint density at radius 1 is 1.04 bits per heavy atom. The fourth-order valence-electron chi connectivity index (χ4n) is 3.65. The van der Waals surface area contributed by atoms with Gasteiger partial charge in [0.2, 0.25) is 5.91 Å². The predicted octanol–water partition coefficient (Wildman–Crippen LogP) is 4.89. The molecule has 0 aromatic heterocycles. The summed E-state index contributed by atoms with van der Waals surface area (Å²) in [4.78, 5) is 17.4. The van der Waals surface area contributed by atoms with Crippen LogP contribution < -0.4 is 10.6 Å². The Balaban J connectivity index is 1.50. The number of hydrogen-bond acceptors (Lipinski definition) is 4. The maximum Gasteiger partial charge on any atom is 0.234 e. The lowest BCUT2D eigenvalue weighted by Gasteiger charge is -2.39. The SMILES string of the molecule is O=C(CSC1=NC2(CCCCC2)Nc2ccccc21)Nc1ccccc1. The molecule has 5 heteroatoms. The molecule has 2 N–H and O–H groups in total. The standard InChI is InChI=1S/C21H23N3OS/c25-19(22-16-9-3-1-4-10-16)15-26-20-17-11-5-6-12-18(17)23-21(24-20)13-7-2-8-14-21/h1,3-6,9-12,23H,2,7-8,13-15H2,(H,22,25). The van der Waals surface area contributed by atoms with Gasteiger partial charge in [-0.15, -0.1) is 0 Å². The third-order valence-corrected chi connectivity index (χ3v) is 5.91. The molecule has 1 fully saturated rings. The molecule has 0 atom stereocenters. The Hall–Kier alpha value is -2.27. The summed E-state index contributed by atoms with van der Waals surface area (Å²) in [6, 6.07) is 17.9. The van der Waals surface area contributed by atoms with Crippen LogP contribution in [0.4, 0.5) is 11.4 Å². The van der Waals surface area contributed by atoms with E-state index in [0.29, 0.717) is 5.75 Å². The van der Waals surface area contributed by atoms with Crippen molar-refractivity contribution in [2.75, 3.05) is 16.4 Å². The van der Waals surface area contributed by atoms with Gasteiger partial charge in [-0.05, 0) is 43.9 Å². The molecule has 4 nitrogen and oxygen atoms in total. The van der Waals surface area contributed by atoms with Crippen LogP contribution in [0.3, 0.4) is 0 Å². The number of benzene rings is 2. The molecule has 1 spiro atoms. The van der Waals surface area contributed by atoms with Crippen molar-refractivity contribution in [1.82, 2.24) is 0 Å². The first-order valence-electron chi connectivity index (χ1n) is 9.19. The van der Waals surface area contributed by atoms with Gasteiger partial charge >= 0.3 is 0 Å². The number of fused-ring (bicyclic) bond motifs is 1. The van der Waals surface area contributed by atoms with E-state index >= 15 is 0 Å². The highest BCUT2D eigenvalue weighted by Crippen LogP contribution is 2.39. The number of carbonyl (C=O) groups excluding carboxylic acids is 1. The molecule has 0 saturated heterocycles. The molecule has 2 aliphatic rings. The Morgan fingerprint density at radius 2 is 1.77 bits per heavy atom. The van der Waals surface area contributed by atoms with Gasteiger partial charge in [0, 0.05) is 16.9 Å². The van der Waals surface area contributed by atoms with Crippen LogP contribution in [0.2, 0.25) is 0 Å². The number of nitrogens with zero attached hydrogens (tertiary/aromatic N) is 1. The summed E-state index contributed by atoms with van der Waals surface area (Å²) in [6.45, 7) is 0. The number of amides is 1. The smallest absolute Gasteiger partial charge is 0.234 e. The predicted molar refractivity (Wildman–Crippen MR) is 110 cm³/mol. The fraction of sp³-hybridized carbons (Fsp3) is 0.333. The van der Waals surface area contributed by atoms with Crippen molar-refractivity contribution >= 4 is 34.1 Å². The average molecular weight is 366 g/mol. The molecule has 0 radical (unpaired) electrons. The third kappa shape index (κ3) is 3.78. The Morgan fingerprint density at radius 3 is 2.58 bits per heavy atom. The normalized spacial score (nSPS) is 17.8. The number of anilines is 2. The number of thioether (sulfide) groups is 1. The van der Waals surface area contributed by atoms with Gasteiger partial charge in [-0.3, -0.25) is 4.79 Å². The van der Waals surface area contributed by atoms with E-state index in [2.05, 4.69) is 28.8 Å². The Kier molecular flexibility index (Phi) is 4.98. The monoisotopic (exact) mass is 365 g/mol. The van der Waals surface area contributed by atoms with Crippen molar-refractivity contribution in [3.63, 3.8) is 0 Å². The van der Waals surface area contributed by atoms with E-state index in [-0.39, 0.29) is 11.6 Å². The number of para-hydroxylation sites is 2. The molecule has 26 heavy (non-hydrogen) atoms. The molecule has 1 saturated carbocycles. The molecular weight excluding hydrogens is 342 g/mol. The first kappa shape index (κ1) is 17.2. The molecule has 2 aromatic carbocycles. The largest absolute Gasteiger partial charge is 0.361 e. The van der Waals surface area contributed by atoms with E-state index in [1.807, 2.05) is 36.4 Å². The van der Waals surface area contributed by atoms with Crippen molar-refractivity contribution in [1.29, 1.82) is 0 Å². The number of nitrogens with one attached hydrogen (secondary N) is 2. The molecule has 134 valence electrons. The van der Waals surface area contributed by atoms with Gasteiger partial charge in [-0.1, -0.05) is 54.6 Å². The fourth-order valence-corrected chi connectivity index (χ4v) is 4.56. The topological polar surface area (TPSA) is 53.5 Å². The summed E-state index contributed by atoms with van der Waals surface area (Å²) in [5, 5.41) is 7.59. The molecule has 0 bridgehead atoms. The van der Waals surface area contributed by atoms with Crippen LogP contribution in [0.15, 0.2) is 59.6 Å². The summed E-state index contributed by atoms with van der Waals surface area (Å²) in [5.74, 6) is 0.357. The highest BCUT2D eigenvalue weighted by atomic mass is 32.2. The van der Waals surface area contributed by atoms with Gasteiger partial charge in [-0.25, -0.2) is 4.99 Å². The maximum absolute atomic E-state index is 12.3. The molecular formula is C21H23N3OS. The number of hydrogen-bond donors (Lipinski definition) is 2. The van der Waals surface area contributed by atoms with E-state index in [1.165, 1.54) is 31.0 Å². The average Bonchev–Trinajstić information content (AvgIpc) is 2.67. The zero-order chi connectivity index (χ0) is 17.8. The maximum atomic E-state index is 12.3. The van der Waals surface area contributed by atoms with E-state index in [1.54, 1.807) is 0 Å². The molecule has 1 aliphatic heterocycles. The van der Waals surface area contributed by atoms with Gasteiger partial charge in [0.25, 0.3) is 0 Å². The minimum Gasteiger partial charge on any atom is -0.361 e. The van der Waals surface area contributed by atoms with Gasteiger partial charge in [0.1, 0.15) is 10.7 Å². The summed E-state index contributed by atoms with van der Waals surface area (Å²) in [7, 11) is 0. The number of aliphatic imine (C=N–C) groups is 1. The quantitative estimate of drug-likeness (QED) is 0.814. The molecule has 0 unspecified atom stereocenters. The Labute approximate surface area is 158 Å². The van der Waals surface area contributed by atoms with E-state index in [4.69, 9.17) is 4.99 Å². The lowest BCUT2D eigenvalue weighted by Crippen LogP contribution is -2.42. The van der Waals surface area contributed by atoms with Crippen LogP contribution in [-0.2, 0) is 4.79 Å². The van der Waals surface area contributed by atoms with Crippen LogP contribution in [0.5, 0.6) is 0 Å². The van der Waals surface area contributed by atoms with Crippen LogP contribution >= 0.6 is 11.8 Å². The van der Waals surface area contributed by atoms with Crippen molar-refractivity contribution in [2.24, 2.45) is 4.99 Å². The number of rotatable bonds is 3. The van der Waals surface area contributed by atoms with E-state index in [9.17, 15) is 4.79 Å². The van der Waals surface area contributed by atoms with Crippen LogP contribution in [0.25, 0.3) is 0 Å². The van der Waals surface area contributed by atoms with Gasteiger partial charge in [-0.2, -0.15) is 0 Å². The second-order valence-corrected chi connectivity index (χ2v) is 7.85. The summed E-state index contributed by atoms with van der Waals surface area (Å²) in [6.07, 6.45) is 5.79. The lowest BCUT2D eigenvalue weighted by atomic mass is 9.88. The van der Waals surface area contributed by atoms with Crippen LogP contribution in [0.1, 0.15) is 37.7 Å². The first-order chi connectivity index (χ1) is 12.7. The summed E-state index contributed by atoms with van der Waals surface area (Å²) < 4.78 is 0. The van der Waals surface area contributed by atoms with Gasteiger partial charge in [0.05, 0.1) is 5.75 Å². The lowest BCUT2D eigenvalue weighted by molar-refractivity contribution is -0.113. The van der Waals surface area contributed by atoms with E-state index in [0.717, 1.165) is 34.8 Å². The minimum absolute atomic E-state index is 0.00221. The highest BCUT2D eigenvalue weighted by molar-refractivity contribution is 8.15. The summed E-state index contributed by atoms with van der Waals surface area (Å²) >= 11 is 1.53. The second-order valence-electron chi connectivity index (χ2n) is 6.88. The molecule has 2 aromatic rings. The van der Waals surface area contributed by atoms with Gasteiger partial charge < -0.3 is 10.6 Å². The second kappa shape index (κ2) is 7.54. The van der Waals surface area contributed by atoms with Crippen molar-refractivity contribution < 1.29 is 4.79 Å². The van der Waals surface area contributed by atoms with Gasteiger partial charge in [0.15, 0.2) is 0 Å². The Bertz CT molecular complexity index is 813. The molecule has 4 rings (SSSR count). The highest BCUT2D eigenvalue weighted by Gasteiger charge is 2.36. The summed E-state index contributed by atoms with van der Waals surface area (Å²) in [5.41, 5.74) is 2.87. The van der Waals surface area contributed by atoms with Crippen LogP contribution in [-0.4, -0.2) is 22.4 Å².